The first-order valence-corrected chi connectivity index (χ1v) is 7.92. The highest BCUT2D eigenvalue weighted by Gasteiger charge is 2.17. The number of carbonyl (C=O) groups excluding carboxylic acids is 2. The zero-order valence-electron chi connectivity index (χ0n) is 13.2. The van der Waals surface area contributed by atoms with Gasteiger partial charge in [-0.15, -0.1) is 0 Å². The Bertz CT molecular complexity index is 695. The third-order valence-corrected chi connectivity index (χ3v) is 4.07. The minimum absolute atomic E-state index is 0.195. The van der Waals surface area contributed by atoms with Gasteiger partial charge in [-0.25, -0.2) is 9.78 Å². The van der Waals surface area contributed by atoms with Crippen molar-refractivity contribution >= 4 is 28.3 Å². The van der Waals surface area contributed by atoms with Crippen LogP contribution in [0.1, 0.15) is 27.9 Å². The average molecular weight is 334 g/mol. The van der Waals surface area contributed by atoms with E-state index in [0.717, 1.165) is 22.6 Å². The van der Waals surface area contributed by atoms with Crippen molar-refractivity contribution in [3.05, 3.63) is 40.4 Å². The smallest absolute Gasteiger partial charge is 0.350 e. The summed E-state index contributed by atoms with van der Waals surface area (Å²) in [5.41, 5.74) is 1.41. The van der Waals surface area contributed by atoms with Gasteiger partial charge in [-0.2, -0.15) is 0 Å². The molecule has 0 spiro atoms. The second-order valence-corrected chi connectivity index (χ2v) is 5.73. The largest absolute Gasteiger partial charge is 0.494 e. The van der Waals surface area contributed by atoms with Crippen molar-refractivity contribution in [1.82, 2.24) is 4.98 Å². The van der Waals surface area contributed by atoms with Crippen molar-refractivity contribution in [3.8, 4) is 5.75 Å². The van der Waals surface area contributed by atoms with Crippen LogP contribution in [0.4, 0.5) is 5.13 Å². The zero-order valence-corrected chi connectivity index (χ0v) is 14.0. The lowest BCUT2D eigenvalue weighted by Crippen LogP contribution is -2.14. The number of hydrogen-bond donors (Lipinski definition) is 1. The van der Waals surface area contributed by atoms with Crippen LogP contribution in [0, 0.1) is 6.92 Å². The highest BCUT2D eigenvalue weighted by Crippen LogP contribution is 2.23. The summed E-state index contributed by atoms with van der Waals surface area (Å²) >= 11 is 1.10. The molecule has 2 rings (SSSR count). The Kier molecular flexibility index (Phi) is 5.70. The van der Waals surface area contributed by atoms with Crippen LogP contribution in [0.5, 0.6) is 5.75 Å². The number of nitrogens with zero attached hydrogens (tertiary/aromatic N) is 1. The number of ether oxygens (including phenoxy) is 2. The first-order chi connectivity index (χ1) is 11.0. The summed E-state index contributed by atoms with van der Waals surface area (Å²) in [6.07, 6.45) is 0.221. The van der Waals surface area contributed by atoms with Gasteiger partial charge < -0.3 is 14.8 Å². The first-order valence-electron chi connectivity index (χ1n) is 7.10. The van der Waals surface area contributed by atoms with Crippen molar-refractivity contribution in [2.24, 2.45) is 0 Å². The van der Waals surface area contributed by atoms with Crippen LogP contribution < -0.4 is 10.1 Å². The van der Waals surface area contributed by atoms with Crippen molar-refractivity contribution < 1.29 is 19.1 Å². The van der Waals surface area contributed by atoms with Crippen LogP contribution >= 0.6 is 11.3 Å². The Morgan fingerprint density at radius 3 is 2.57 bits per heavy atom. The maximum atomic E-state index is 12.1. The molecule has 6 nitrogen and oxygen atoms in total. The third kappa shape index (κ3) is 4.53. The summed E-state index contributed by atoms with van der Waals surface area (Å²) < 4.78 is 10.0. The van der Waals surface area contributed by atoms with Crippen LogP contribution in [0.2, 0.25) is 0 Å². The summed E-state index contributed by atoms with van der Waals surface area (Å²) in [6, 6.07) is 7.35. The van der Waals surface area contributed by atoms with Crippen LogP contribution in [-0.2, 0) is 16.0 Å². The Balaban J connectivity index is 1.98. The number of carbonyl (C=O) groups is 2. The molecule has 23 heavy (non-hydrogen) atoms. The number of aromatic nitrogens is 1. The van der Waals surface area contributed by atoms with Gasteiger partial charge in [-0.05, 0) is 31.5 Å². The summed E-state index contributed by atoms with van der Waals surface area (Å²) in [7, 11) is 1.31. The molecule has 0 atom stereocenters. The molecule has 0 saturated heterocycles. The van der Waals surface area contributed by atoms with Gasteiger partial charge in [0.05, 0.1) is 25.8 Å². The van der Waals surface area contributed by atoms with E-state index in [1.165, 1.54) is 7.11 Å². The molecule has 1 amide bonds. The Morgan fingerprint density at radius 1 is 1.26 bits per heavy atom. The van der Waals surface area contributed by atoms with Gasteiger partial charge in [0.25, 0.3) is 0 Å². The molecule has 0 aliphatic rings. The molecule has 0 radical (unpaired) electrons. The summed E-state index contributed by atoms with van der Waals surface area (Å²) in [4.78, 5) is 28.2. The number of esters is 1. The number of rotatable bonds is 6. The molecular weight excluding hydrogens is 316 g/mol. The predicted molar refractivity (Wildman–Crippen MR) is 88.1 cm³/mol. The fourth-order valence-electron chi connectivity index (χ4n) is 1.95. The number of nitrogens with one attached hydrogen (secondary N) is 1. The number of aryl methyl sites for hydroxylation is 1. The van der Waals surface area contributed by atoms with E-state index >= 15 is 0 Å². The molecule has 0 fully saturated rings. The topological polar surface area (TPSA) is 77.5 Å². The molecule has 1 N–H and O–H groups in total. The highest BCUT2D eigenvalue weighted by molar-refractivity contribution is 7.17. The number of thiazole rings is 1. The SMILES string of the molecule is CCOc1ccc(CC(=O)Nc2nc(C)c(C(=O)OC)s2)cc1. The molecule has 0 aliphatic carbocycles. The van der Waals surface area contributed by atoms with Crippen molar-refractivity contribution in [3.63, 3.8) is 0 Å². The Hall–Kier alpha value is -2.41. The second kappa shape index (κ2) is 7.73. The quantitative estimate of drug-likeness (QED) is 0.822. The van der Waals surface area contributed by atoms with Gasteiger partial charge in [0, 0.05) is 0 Å². The monoisotopic (exact) mass is 334 g/mol. The number of amides is 1. The van der Waals surface area contributed by atoms with Gasteiger partial charge in [-0.3, -0.25) is 4.79 Å². The number of benzene rings is 1. The van der Waals surface area contributed by atoms with E-state index < -0.39 is 5.97 Å². The van der Waals surface area contributed by atoms with E-state index in [4.69, 9.17) is 4.74 Å². The van der Waals surface area contributed by atoms with E-state index in [-0.39, 0.29) is 12.3 Å². The third-order valence-electron chi connectivity index (χ3n) is 3.01. The molecule has 1 aromatic heterocycles. The van der Waals surface area contributed by atoms with Gasteiger partial charge in [0.15, 0.2) is 5.13 Å². The number of anilines is 1. The van der Waals surface area contributed by atoms with E-state index in [1.54, 1.807) is 6.92 Å². The van der Waals surface area contributed by atoms with E-state index in [9.17, 15) is 9.59 Å². The minimum atomic E-state index is -0.452. The fourth-order valence-corrected chi connectivity index (χ4v) is 2.85. The van der Waals surface area contributed by atoms with Crippen molar-refractivity contribution in [2.75, 3.05) is 19.0 Å². The van der Waals surface area contributed by atoms with Crippen LogP contribution in [0.25, 0.3) is 0 Å². The molecule has 122 valence electrons. The molecule has 0 aliphatic heterocycles. The predicted octanol–water partition coefficient (Wildman–Crippen LogP) is 2.82. The lowest BCUT2D eigenvalue weighted by molar-refractivity contribution is -0.115. The summed E-state index contributed by atoms with van der Waals surface area (Å²) in [5, 5.41) is 3.09. The van der Waals surface area contributed by atoms with E-state index in [1.807, 2.05) is 31.2 Å². The maximum Gasteiger partial charge on any atom is 0.350 e. The zero-order chi connectivity index (χ0) is 16.8. The summed E-state index contributed by atoms with van der Waals surface area (Å²) in [6.45, 7) is 4.22. The van der Waals surface area contributed by atoms with Gasteiger partial charge >= 0.3 is 5.97 Å². The molecule has 1 heterocycles. The Morgan fingerprint density at radius 2 is 1.96 bits per heavy atom. The molecule has 0 unspecified atom stereocenters. The van der Waals surface area contributed by atoms with Crippen LogP contribution in [-0.4, -0.2) is 30.6 Å². The van der Waals surface area contributed by atoms with E-state index in [2.05, 4.69) is 15.0 Å². The second-order valence-electron chi connectivity index (χ2n) is 4.73. The molecule has 1 aromatic carbocycles. The molecule has 2 aromatic rings. The van der Waals surface area contributed by atoms with E-state index in [0.29, 0.717) is 22.3 Å². The number of hydrogen-bond acceptors (Lipinski definition) is 6. The van der Waals surface area contributed by atoms with Crippen molar-refractivity contribution in [1.29, 1.82) is 0 Å². The normalized spacial score (nSPS) is 10.2. The summed E-state index contributed by atoms with van der Waals surface area (Å²) in [5.74, 6) is 0.126. The van der Waals surface area contributed by atoms with Gasteiger partial charge in [-0.1, -0.05) is 23.5 Å². The minimum Gasteiger partial charge on any atom is -0.494 e. The Labute approximate surface area is 138 Å². The lowest BCUT2D eigenvalue weighted by atomic mass is 10.1. The molecular formula is C16H18N2O4S. The maximum absolute atomic E-state index is 12.1. The first kappa shape index (κ1) is 17.0. The van der Waals surface area contributed by atoms with Gasteiger partial charge in [0.1, 0.15) is 10.6 Å². The number of methoxy groups -OCH3 is 1. The average Bonchev–Trinajstić information content (AvgIpc) is 2.89. The fraction of sp³-hybridized carbons (Fsp3) is 0.312. The van der Waals surface area contributed by atoms with Crippen LogP contribution in [0.3, 0.4) is 0 Å². The standard InChI is InChI=1S/C16H18N2O4S/c1-4-22-12-7-5-11(6-8-12)9-13(19)18-16-17-10(2)14(23-16)15(20)21-3/h5-8H,4,9H2,1-3H3,(H,17,18,19). The van der Waals surface area contributed by atoms with Crippen molar-refractivity contribution in [2.45, 2.75) is 20.3 Å². The van der Waals surface area contributed by atoms with Crippen LogP contribution in [0.15, 0.2) is 24.3 Å². The molecule has 0 bridgehead atoms. The van der Waals surface area contributed by atoms with Gasteiger partial charge in [0.2, 0.25) is 5.91 Å². The molecule has 7 heteroatoms. The molecule has 0 saturated carbocycles. The highest BCUT2D eigenvalue weighted by atomic mass is 32.1. The lowest BCUT2D eigenvalue weighted by Gasteiger charge is -2.05.